The van der Waals surface area contributed by atoms with E-state index in [0.29, 0.717) is 0 Å². The topological polar surface area (TPSA) is 176 Å². The van der Waals surface area contributed by atoms with Crippen molar-refractivity contribution in [2.75, 3.05) is 0 Å². The van der Waals surface area contributed by atoms with Crippen molar-refractivity contribution in [3.8, 4) is 0 Å². The molecule has 0 saturated heterocycles. The van der Waals surface area contributed by atoms with Gasteiger partial charge in [-0.1, -0.05) is 13.8 Å². The van der Waals surface area contributed by atoms with Crippen molar-refractivity contribution in [1.29, 1.82) is 0 Å². The summed E-state index contributed by atoms with van der Waals surface area (Å²) < 4.78 is 0. The van der Waals surface area contributed by atoms with E-state index in [-0.39, 0.29) is 24.7 Å². The van der Waals surface area contributed by atoms with Crippen molar-refractivity contribution in [3.05, 3.63) is 0 Å². The zero-order valence-electron chi connectivity index (χ0n) is 14.2. The maximum Gasteiger partial charge on any atom is 0.326 e. The van der Waals surface area contributed by atoms with Gasteiger partial charge in [0.15, 0.2) is 0 Å². The Balaban J connectivity index is 0. The molecule has 6 N–H and O–H groups in total. The Hall–Kier alpha value is -2.65. The number of carbonyl (C=O) groups is 5. The van der Waals surface area contributed by atoms with Crippen molar-refractivity contribution < 1.29 is 34.2 Å². The van der Waals surface area contributed by atoms with E-state index in [1.807, 2.05) is 0 Å². The average molecular weight is 347 g/mol. The minimum Gasteiger partial charge on any atom is -0.480 e. The second-order valence-corrected chi connectivity index (χ2v) is 5.36. The molecule has 0 aromatic carbocycles. The molecule has 0 spiro atoms. The van der Waals surface area contributed by atoms with Gasteiger partial charge in [0.25, 0.3) is 0 Å². The lowest BCUT2D eigenvalue weighted by molar-refractivity contribution is -0.143. The maximum absolute atomic E-state index is 10.5. The van der Waals surface area contributed by atoms with Crippen LogP contribution in [0.5, 0.6) is 0 Å². The molecule has 0 radical (unpaired) electrons. The van der Waals surface area contributed by atoms with Crippen LogP contribution < -0.4 is 16.4 Å². The smallest absolute Gasteiger partial charge is 0.326 e. The Morgan fingerprint density at radius 1 is 0.917 bits per heavy atom. The molecule has 0 aliphatic heterocycles. The predicted molar refractivity (Wildman–Crippen MR) is 83.7 cm³/mol. The van der Waals surface area contributed by atoms with Gasteiger partial charge in [0.1, 0.15) is 12.1 Å². The third-order valence-corrected chi connectivity index (χ3v) is 2.65. The molecule has 0 aliphatic carbocycles. The van der Waals surface area contributed by atoms with Crippen molar-refractivity contribution in [3.63, 3.8) is 0 Å². The third kappa shape index (κ3) is 13.0. The van der Waals surface area contributed by atoms with Crippen LogP contribution in [-0.4, -0.2) is 52.0 Å². The minimum atomic E-state index is -1.17. The van der Waals surface area contributed by atoms with Crippen LogP contribution in [0, 0.1) is 5.92 Å². The molecule has 0 aromatic rings. The number of nitrogens with one attached hydrogen (secondary N) is 2. The number of rotatable bonds is 8. The summed E-state index contributed by atoms with van der Waals surface area (Å²) in [4.78, 5) is 52.3. The van der Waals surface area contributed by atoms with Gasteiger partial charge in [0.2, 0.25) is 17.7 Å². The quantitative estimate of drug-likeness (QED) is 0.377. The van der Waals surface area contributed by atoms with Crippen LogP contribution in [0.1, 0.15) is 40.5 Å². The van der Waals surface area contributed by atoms with E-state index < -0.39 is 35.8 Å². The van der Waals surface area contributed by atoms with E-state index in [4.69, 9.17) is 15.9 Å². The first-order chi connectivity index (χ1) is 10.9. The summed E-state index contributed by atoms with van der Waals surface area (Å²) >= 11 is 0. The fourth-order valence-corrected chi connectivity index (χ4v) is 1.52. The highest BCUT2D eigenvalue weighted by atomic mass is 16.4. The Bertz CT molecular complexity index is 477. The van der Waals surface area contributed by atoms with Gasteiger partial charge in [-0.05, 0) is 12.3 Å². The number of carboxylic acid groups (broad SMARTS) is 2. The molecule has 0 unspecified atom stereocenters. The zero-order chi connectivity index (χ0) is 19.4. The maximum atomic E-state index is 10.5. The Kier molecular flexibility index (Phi) is 11.7. The molecule has 10 nitrogen and oxygen atoms in total. The molecule has 2 atom stereocenters. The minimum absolute atomic E-state index is 0.0181. The molecule has 0 aromatic heterocycles. The van der Waals surface area contributed by atoms with Crippen LogP contribution >= 0.6 is 0 Å². The van der Waals surface area contributed by atoms with Crippen LogP contribution in [0.4, 0.5) is 0 Å². The number of amides is 3. The standard InChI is InChI=1S/C7H12N2O4.C7H13NO3/c1-4(10)9-5(7(12)13)2-3-6(8)11;1-4(2)6(7(10)11)8-5(3)9/h5H,2-3H2,1H3,(H2,8,11)(H,9,10)(H,12,13);4,6H,1-3H3,(H,8,9)(H,10,11)/t5-;6-/m00/s1. The van der Waals surface area contributed by atoms with Gasteiger partial charge in [-0.15, -0.1) is 0 Å². The normalized spacial score (nSPS) is 12.2. The van der Waals surface area contributed by atoms with Crippen molar-refractivity contribution >= 4 is 29.7 Å². The van der Waals surface area contributed by atoms with Gasteiger partial charge in [-0.25, -0.2) is 9.59 Å². The van der Waals surface area contributed by atoms with E-state index in [0.717, 1.165) is 0 Å². The highest BCUT2D eigenvalue weighted by molar-refractivity contribution is 5.83. The summed E-state index contributed by atoms with van der Waals surface area (Å²) in [5, 5.41) is 21.7. The highest BCUT2D eigenvalue weighted by Crippen LogP contribution is 2.00. The Labute approximate surface area is 139 Å². The summed E-state index contributed by atoms with van der Waals surface area (Å²) in [6, 6.07) is -1.81. The second kappa shape index (κ2) is 11.9. The first kappa shape index (κ1) is 23.6. The molecule has 24 heavy (non-hydrogen) atoms. The van der Waals surface area contributed by atoms with Gasteiger partial charge in [-0.2, -0.15) is 0 Å². The summed E-state index contributed by atoms with van der Waals surface area (Å²) in [6.45, 7) is 6.00. The van der Waals surface area contributed by atoms with E-state index in [9.17, 15) is 24.0 Å². The van der Waals surface area contributed by atoms with E-state index >= 15 is 0 Å². The summed E-state index contributed by atoms with van der Waals surface area (Å²) in [6.07, 6.45) is -0.0402. The number of hydrogen-bond donors (Lipinski definition) is 5. The summed E-state index contributed by atoms with van der Waals surface area (Å²) in [7, 11) is 0. The fraction of sp³-hybridized carbons (Fsp3) is 0.643. The van der Waals surface area contributed by atoms with Crippen LogP contribution in [0.25, 0.3) is 0 Å². The first-order valence-corrected chi connectivity index (χ1v) is 7.16. The molecule has 0 bridgehead atoms. The molecular weight excluding hydrogens is 322 g/mol. The lowest BCUT2D eigenvalue weighted by Crippen LogP contribution is -2.43. The van der Waals surface area contributed by atoms with Gasteiger partial charge >= 0.3 is 11.9 Å². The molecule has 0 rings (SSSR count). The second-order valence-electron chi connectivity index (χ2n) is 5.36. The number of nitrogens with two attached hydrogens (primary N) is 1. The van der Waals surface area contributed by atoms with Gasteiger partial charge in [0, 0.05) is 20.3 Å². The van der Waals surface area contributed by atoms with Crippen LogP contribution in [0.3, 0.4) is 0 Å². The lowest BCUT2D eigenvalue weighted by atomic mass is 10.1. The number of aliphatic carboxylic acids is 2. The SMILES string of the molecule is CC(=O)N[C@@H](CCC(N)=O)C(=O)O.CC(=O)N[C@H](C(=O)O)C(C)C. The summed E-state index contributed by atoms with van der Waals surface area (Å²) in [5.74, 6) is -3.59. The highest BCUT2D eigenvalue weighted by Gasteiger charge is 2.21. The monoisotopic (exact) mass is 347 g/mol. The fourth-order valence-electron chi connectivity index (χ4n) is 1.52. The van der Waals surface area contributed by atoms with Crippen LogP contribution in [-0.2, 0) is 24.0 Å². The zero-order valence-corrected chi connectivity index (χ0v) is 14.2. The number of carboxylic acids is 2. The van der Waals surface area contributed by atoms with Crippen LogP contribution in [0.15, 0.2) is 0 Å². The molecule has 10 heteroatoms. The lowest BCUT2D eigenvalue weighted by Gasteiger charge is -2.16. The molecular formula is C14H25N3O7. The van der Waals surface area contributed by atoms with Gasteiger partial charge in [-0.3, -0.25) is 14.4 Å². The van der Waals surface area contributed by atoms with E-state index in [2.05, 4.69) is 10.6 Å². The Morgan fingerprint density at radius 3 is 1.58 bits per heavy atom. The molecule has 0 fully saturated rings. The van der Waals surface area contributed by atoms with Gasteiger partial charge in [0.05, 0.1) is 0 Å². The first-order valence-electron chi connectivity index (χ1n) is 7.16. The van der Waals surface area contributed by atoms with Crippen LogP contribution in [0.2, 0.25) is 0 Å². The van der Waals surface area contributed by atoms with Crippen molar-refractivity contribution in [2.45, 2.75) is 52.6 Å². The number of primary amides is 1. The van der Waals surface area contributed by atoms with Crippen molar-refractivity contribution in [1.82, 2.24) is 10.6 Å². The molecule has 3 amide bonds. The largest absolute Gasteiger partial charge is 0.480 e. The van der Waals surface area contributed by atoms with E-state index in [1.165, 1.54) is 13.8 Å². The number of carbonyl (C=O) groups excluding carboxylic acids is 3. The molecule has 0 saturated carbocycles. The predicted octanol–water partition coefficient (Wildman–Crippen LogP) is -0.927. The molecule has 138 valence electrons. The molecule has 0 aliphatic rings. The van der Waals surface area contributed by atoms with E-state index in [1.54, 1.807) is 13.8 Å². The number of hydrogen-bond acceptors (Lipinski definition) is 5. The van der Waals surface area contributed by atoms with Gasteiger partial charge < -0.3 is 26.6 Å². The summed E-state index contributed by atoms with van der Waals surface area (Å²) in [5.41, 5.74) is 4.83. The third-order valence-electron chi connectivity index (χ3n) is 2.65. The molecule has 0 heterocycles. The Morgan fingerprint density at radius 2 is 1.38 bits per heavy atom. The average Bonchev–Trinajstić information content (AvgIpc) is 2.39. The van der Waals surface area contributed by atoms with Crippen molar-refractivity contribution in [2.24, 2.45) is 11.7 Å².